The van der Waals surface area contributed by atoms with Gasteiger partial charge in [-0.2, -0.15) is 0 Å². The third kappa shape index (κ3) is 5.61. The number of nitrogens with two attached hydrogens (primary N) is 1. The normalized spacial score (nSPS) is 12.2. The molecular formula is C15H24ClN3O3. The number of nitrogens with zero attached hydrogens (tertiary/aromatic N) is 1. The Morgan fingerprint density at radius 3 is 2.45 bits per heavy atom. The molecule has 0 aromatic heterocycles. The summed E-state index contributed by atoms with van der Waals surface area (Å²) in [6.45, 7) is 8.01. The molecule has 0 radical (unpaired) electrons. The minimum absolute atomic E-state index is 0. The molecule has 1 atom stereocenters. The van der Waals surface area contributed by atoms with E-state index in [-0.39, 0.29) is 35.5 Å². The van der Waals surface area contributed by atoms with Gasteiger partial charge in [0.15, 0.2) is 0 Å². The number of carbonyl (C=O) groups is 1. The zero-order chi connectivity index (χ0) is 16.2. The molecule has 0 bridgehead atoms. The van der Waals surface area contributed by atoms with Crippen LogP contribution in [0.25, 0.3) is 0 Å². The average Bonchev–Trinajstić information content (AvgIpc) is 2.36. The summed E-state index contributed by atoms with van der Waals surface area (Å²) in [5, 5.41) is 13.9. The number of nitrogens with one attached hydrogen (secondary N) is 1. The average molecular weight is 330 g/mol. The van der Waals surface area contributed by atoms with Crippen LogP contribution >= 0.6 is 12.4 Å². The van der Waals surface area contributed by atoms with Gasteiger partial charge in [0.05, 0.1) is 4.92 Å². The molecule has 0 spiro atoms. The second-order valence-electron chi connectivity index (χ2n) is 6.26. The first-order valence-electron chi connectivity index (χ1n) is 6.95. The molecule has 1 unspecified atom stereocenters. The molecule has 3 N–H and O–H groups in total. The summed E-state index contributed by atoms with van der Waals surface area (Å²) in [5.41, 5.74) is 6.13. The number of nitro benzene ring substituents is 1. The molecule has 0 aliphatic carbocycles. The zero-order valence-corrected chi connectivity index (χ0v) is 14.2. The van der Waals surface area contributed by atoms with Crippen LogP contribution in [-0.4, -0.2) is 23.4 Å². The van der Waals surface area contributed by atoms with Crippen LogP contribution in [0.5, 0.6) is 0 Å². The van der Waals surface area contributed by atoms with Gasteiger partial charge in [0, 0.05) is 29.8 Å². The van der Waals surface area contributed by atoms with Crippen LogP contribution in [0.2, 0.25) is 0 Å². The Morgan fingerprint density at radius 1 is 1.41 bits per heavy atom. The van der Waals surface area contributed by atoms with Crippen LogP contribution in [0.4, 0.5) is 5.69 Å². The summed E-state index contributed by atoms with van der Waals surface area (Å²) in [4.78, 5) is 22.7. The van der Waals surface area contributed by atoms with Gasteiger partial charge in [0.25, 0.3) is 11.6 Å². The van der Waals surface area contributed by atoms with Gasteiger partial charge in [-0.05, 0) is 24.8 Å². The molecule has 0 aliphatic heterocycles. The van der Waals surface area contributed by atoms with Crippen molar-refractivity contribution in [2.45, 2.75) is 45.6 Å². The second-order valence-corrected chi connectivity index (χ2v) is 6.26. The number of hydrogen-bond donors (Lipinski definition) is 2. The predicted octanol–water partition coefficient (Wildman–Crippen LogP) is 2.78. The lowest BCUT2D eigenvalue weighted by atomic mass is 9.85. The Hall–Kier alpha value is -1.66. The van der Waals surface area contributed by atoms with Crippen molar-refractivity contribution in [2.75, 3.05) is 6.54 Å². The summed E-state index contributed by atoms with van der Waals surface area (Å²) in [6.07, 6.45) is 0.661. The SMILES string of the molecule is CC(N)CCNC(=O)c1ccc(C(C)(C)C)c([N+](=O)[O-])c1.Cl. The van der Waals surface area contributed by atoms with Gasteiger partial charge in [-0.1, -0.05) is 26.8 Å². The van der Waals surface area contributed by atoms with Crippen molar-refractivity contribution < 1.29 is 9.72 Å². The van der Waals surface area contributed by atoms with Gasteiger partial charge < -0.3 is 11.1 Å². The number of rotatable bonds is 5. The van der Waals surface area contributed by atoms with Crippen LogP contribution in [0, 0.1) is 10.1 Å². The van der Waals surface area contributed by atoms with Crippen LogP contribution < -0.4 is 11.1 Å². The smallest absolute Gasteiger partial charge is 0.273 e. The monoisotopic (exact) mass is 329 g/mol. The molecule has 7 heteroatoms. The van der Waals surface area contributed by atoms with E-state index in [9.17, 15) is 14.9 Å². The summed E-state index contributed by atoms with van der Waals surface area (Å²) in [7, 11) is 0. The molecule has 124 valence electrons. The number of halogens is 1. The van der Waals surface area contributed by atoms with Crippen molar-refractivity contribution in [3.8, 4) is 0 Å². The van der Waals surface area contributed by atoms with Gasteiger partial charge in [-0.15, -0.1) is 12.4 Å². The molecule has 0 fully saturated rings. The topological polar surface area (TPSA) is 98.3 Å². The Bertz CT molecular complexity index is 539. The lowest BCUT2D eigenvalue weighted by Gasteiger charge is -2.19. The molecule has 0 saturated carbocycles. The van der Waals surface area contributed by atoms with E-state index in [2.05, 4.69) is 5.32 Å². The van der Waals surface area contributed by atoms with Crippen molar-refractivity contribution in [3.63, 3.8) is 0 Å². The fraction of sp³-hybridized carbons (Fsp3) is 0.533. The molecule has 6 nitrogen and oxygen atoms in total. The Morgan fingerprint density at radius 2 is 2.00 bits per heavy atom. The summed E-state index contributed by atoms with van der Waals surface area (Å²) < 4.78 is 0. The third-order valence-electron chi connectivity index (χ3n) is 3.15. The fourth-order valence-corrected chi connectivity index (χ4v) is 1.97. The van der Waals surface area contributed by atoms with Crippen molar-refractivity contribution in [2.24, 2.45) is 5.73 Å². The van der Waals surface area contributed by atoms with Gasteiger partial charge in [-0.3, -0.25) is 14.9 Å². The number of amides is 1. The minimum atomic E-state index is -0.445. The molecule has 1 aromatic rings. The first-order chi connectivity index (χ1) is 9.62. The number of benzene rings is 1. The Labute approximate surface area is 137 Å². The predicted molar refractivity (Wildman–Crippen MR) is 89.6 cm³/mol. The lowest BCUT2D eigenvalue weighted by molar-refractivity contribution is -0.386. The largest absolute Gasteiger partial charge is 0.352 e. The van der Waals surface area contributed by atoms with Crippen molar-refractivity contribution >= 4 is 24.0 Å². The lowest BCUT2D eigenvalue weighted by Crippen LogP contribution is -2.29. The first kappa shape index (κ1) is 20.3. The molecule has 1 aromatic carbocycles. The number of nitro groups is 1. The fourth-order valence-electron chi connectivity index (χ4n) is 1.97. The summed E-state index contributed by atoms with van der Waals surface area (Å²) in [5.74, 6) is -0.320. The van der Waals surface area contributed by atoms with E-state index in [1.54, 1.807) is 12.1 Å². The van der Waals surface area contributed by atoms with E-state index in [4.69, 9.17) is 5.73 Å². The maximum atomic E-state index is 12.0. The van der Waals surface area contributed by atoms with Crippen LogP contribution in [0.3, 0.4) is 0 Å². The highest BCUT2D eigenvalue weighted by molar-refractivity contribution is 5.95. The summed E-state index contributed by atoms with van der Waals surface area (Å²) >= 11 is 0. The van der Waals surface area contributed by atoms with E-state index < -0.39 is 4.92 Å². The van der Waals surface area contributed by atoms with E-state index >= 15 is 0 Å². The molecule has 1 amide bonds. The second kappa shape index (κ2) is 8.10. The van der Waals surface area contributed by atoms with Crippen molar-refractivity contribution in [1.82, 2.24) is 5.32 Å². The number of carbonyl (C=O) groups excluding carboxylic acids is 1. The van der Waals surface area contributed by atoms with Gasteiger partial charge >= 0.3 is 0 Å². The molecule has 0 heterocycles. The molecule has 22 heavy (non-hydrogen) atoms. The summed E-state index contributed by atoms with van der Waals surface area (Å²) in [6, 6.07) is 4.61. The third-order valence-corrected chi connectivity index (χ3v) is 3.15. The van der Waals surface area contributed by atoms with E-state index in [0.717, 1.165) is 0 Å². The maximum Gasteiger partial charge on any atom is 0.273 e. The van der Waals surface area contributed by atoms with Crippen LogP contribution in [0.1, 0.15) is 50.0 Å². The zero-order valence-electron chi connectivity index (χ0n) is 13.4. The van der Waals surface area contributed by atoms with Crippen LogP contribution in [0.15, 0.2) is 18.2 Å². The highest BCUT2D eigenvalue weighted by Gasteiger charge is 2.25. The van der Waals surface area contributed by atoms with Gasteiger partial charge in [0.1, 0.15) is 0 Å². The number of hydrogen-bond acceptors (Lipinski definition) is 4. The molecule has 1 rings (SSSR count). The van der Waals surface area contributed by atoms with Crippen molar-refractivity contribution in [1.29, 1.82) is 0 Å². The molecule has 0 aliphatic rings. The maximum absolute atomic E-state index is 12.0. The van der Waals surface area contributed by atoms with Gasteiger partial charge in [-0.25, -0.2) is 0 Å². The van der Waals surface area contributed by atoms with Crippen LogP contribution in [-0.2, 0) is 5.41 Å². The van der Waals surface area contributed by atoms with E-state index in [1.807, 2.05) is 27.7 Å². The highest BCUT2D eigenvalue weighted by Crippen LogP contribution is 2.31. The van der Waals surface area contributed by atoms with Crippen molar-refractivity contribution in [3.05, 3.63) is 39.4 Å². The Balaban J connectivity index is 0.00000441. The van der Waals surface area contributed by atoms with Gasteiger partial charge in [0.2, 0.25) is 0 Å². The standard InChI is InChI=1S/C15H23N3O3.ClH/c1-10(16)7-8-17-14(19)11-5-6-12(15(2,3)4)13(9-11)18(20)21;/h5-6,9-10H,7-8,16H2,1-4H3,(H,17,19);1H. The molecular weight excluding hydrogens is 306 g/mol. The minimum Gasteiger partial charge on any atom is -0.352 e. The van der Waals surface area contributed by atoms with E-state index in [0.29, 0.717) is 24.1 Å². The Kier molecular flexibility index (Phi) is 7.49. The quantitative estimate of drug-likeness (QED) is 0.641. The highest BCUT2D eigenvalue weighted by atomic mass is 35.5. The molecule has 0 saturated heterocycles. The van der Waals surface area contributed by atoms with E-state index in [1.165, 1.54) is 6.07 Å². The first-order valence-corrected chi connectivity index (χ1v) is 6.95.